The normalized spacial score (nSPS) is 15.8. The molecule has 1 aromatic heterocycles. The molecule has 0 amide bonds. The standard InChI is InChI=1S/C17H29N3/c1-12(2)11-20(14-6-7-14)16-9-13(10-18)8-15(19-16)17(3,4)5/h8-9,12,14H,6-7,10-11,18H2,1-5H3. The number of pyridine rings is 1. The number of rotatable bonds is 5. The van der Waals surface area contributed by atoms with E-state index in [1.54, 1.807) is 0 Å². The summed E-state index contributed by atoms with van der Waals surface area (Å²) in [7, 11) is 0. The van der Waals surface area contributed by atoms with E-state index >= 15 is 0 Å². The number of nitrogens with zero attached hydrogens (tertiary/aromatic N) is 2. The Kier molecular flexibility index (Phi) is 4.38. The SMILES string of the molecule is CC(C)CN(c1cc(CN)cc(C(C)(C)C)n1)C1CC1. The monoisotopic (exact) mass is 275 g/mol. The van der Waals surface area contributed by atoms with Crippen LogP contribution in [0, 0.1) is 5.92 Å². The maximum Gasteiger partial charge on any atom is 0.129 e. The van der Waals surface area contributed by atoms with Gasteiger partial charge in [-0.25, -0.2) is 4.98 Å². The topological polar surface area (TPSA) is 42.1 Å². The maximum atomic E-state index is 5.88. The minimum atomic E-state index is 0.0625. The smallest absolute Gasteiger partial charge is 0.129 e. The van der Waals surface area contributed by atoms with Crippen LogP contribution in [0.3, 0.4) is 0 Å². The van der Waals surface area contributed by atoms with Gasteiger partial charge in [0.25, 0.3) is 0 Å². The highest BCUT2D eigenvalue weighted by molar-refractivity contribution is 5.46. The Morgan fingerprint density at radius 1 is 1.30 bits per heavy atom. The first-order valence-electron chi connectivity index (χ1n) is 7.79. The number of aromatic nitrogens is 1. The molecule has 20 heavy (non-hydrogen) atoms. The van der Waals surface area contributed by atoms with Crippen molar-refractivity contribution in [3.8, 4) is 0 Å². The van der Waals surface area contributed by atoms with Crippen LogP contribution in [-0.4, -0.2) is 17.6 Å². The Hall–Kier alpha value is -1.09. The van der Waals surface area contributed by atoms with Crippen molar-refractivity contribution < 1.29 is 0 Å². The van der Waals surface area contributed by atoms with E-state index in [2.05, 4.69) is 51.7 Å². The van der Waals surface area contributed by atoms with Crippen LogP contribution in [0.2, 0.25) is 0 Å². The quantitative estimate of drug-likeness (QED) is 0.894. The number of hydrogen-bond acceptors (Lipinski definition) is 3. The average Bonchev–Trinajstić information content (AvgIpc) is 3.18. The number of hydrogen-bond donors (Lipinski definition) is 1. The third-order valence-electron chi connectivity index (χ3n) is 3.72. The first-order chi connectivity index (χ1) is 9.31. The van der Waals surface area contributed by atoms with Gasteiger partial charge in [0, 0.05) is 30.2 Å². The molecule has 1 aliphatic rings. The predicted molar refractivity (Wildman–Crippen MR) is 86.0 cm³/mol. The molecule has 0 aromatic carbocycles. The molecule has 3 nitrogen and oxygen atoms in total. The molecular weight excluding hydrogens is 246 g/mol. The maximum absolute atomic E-state index is 5.88. The lowest BCUT2D eigenvalue weighted by Gasteiger charge is -2.28. The largest absolute Gasteiger partial charge is 0.353 e. The van der Waals surface area contributed by atoms with Crippen LogP contribution < -0.4 is 10.6 Å². The average molecular weight is 275 g/mol. The molecular formula is C17H29N3. The fourth-order valence-electron chi connectivity index (χ4n) is 2.43. The first kappa shape index (κ1) is 15.3. The van der Waals surface area contributed by atoms with Gasteiger partial charge in [-0.15, -0.1) is 0 Å². The Bertz CT molecular complexity index is 456. The molecule has 1 fully saturated rings. The van der Waals surface area contributed by atoms with Gasteiger partial charge in [-0.1, -0.05) is 34.6 Å². The second kappa shape index (κ2) is 5.72. The van der Waals surface area contributed by atoms with Crippen LogP contribution >= 0.6 is 0 Å². The first-order valence-corrected chi connectivity index (χ1v) is 7.79. The second-order valence-corrected chi connectivity index (χ2v) is 7.45. The molecule has 1 heterocycles. The van der Waals surface area contributed by atoms with Gasteiger partial charge in [-0.2, -0.15) is 0 Å². The minimum Gasteiger partial charge on any atom is -0.353 e. The van der Waals surface area contributed by atoms with Crippen LogP contribution in [-0.2, 0) is 12.0 Å². The van der Waals surface area contributed by atoms with Crippen molar-refractivity contribution in [2.45, 2.75) is 65.5 Å². The molecule has 0 atom stereocenters. The lowest BCUT2D eigenvalue weighted by atomic mass is 9.90. The predicted octanol–water partition coefficient (Wildman–Crippen LogP) is 3.46. The molecule has 2 rings (SSSR count). The summed E-state index contributed by atoms with van der Waals surface area (Å²) in [6.45, 7) is 12.8. The summed E-state index contributed by atoms with van der Waals surface area (Å²) in [5, 5.41) is 0. The fraction of sp³-hybridized carbons (Fsp3) is 0.706. The molecule has 0 saturated heterocycles. The molecule has 0 bridgehead atoms. The second-order valence-electron chi connectivity index (χ2n) is 7.45. The molecule has 2 N–H and O–H groups in total. The summed E-state index contributed by atoms with van der Waals surface area (Å²) in [6, 6.07) is 5.02. The van der Waals surface area contributed by atoms with Gasteiger partial charge in [0.2, 0.25) is 0 Å². The highest BCUT2D eigenvalue weighted by Crippen LogP contribution is 2.33. The molecule has 1 saturated carbocycles. The van der Waals surface area contributed by atoms with Crippen molar-refractivity contribution in [2.24, 2.45) is 11.7 Å². The number of nitrogens with two attached hydrogens (primary N) is 1. The summed E-state index contributed by atoms with van der Waals surface area (Å²) < 4.78 is 0. The zero-order valence-corrected chi connectivity index (χ0v) is 13.6. The number of anilines is 1. The summed E-state index contributed by atoms with van der Waals surface area (Å²) in [5.41, 5.74) is 8.27. The van der Waals surface area contributed by atoms with Crippen LogP contribution in [0.1, 0.15) is 58.7 Å². The molecule has 3 heteroatoms. The van der Waals surface area contributed by atoms with Crippen LogP contribution in [0.5, 0.6) is 0 Å². The van der Waals surface area contributed by atoms with Gasteiger partial charge in [0.1, 0.15) is 5.82 Å². The Morgan fingerprint density at radius 2 is 1.95 bits per heavy atom. The van der Waals surface area contributed by atoms with Crippen molar-refractivity contribution in [1.82, 2.24) is 4.98 Å². The summed E-state index contributed by atoms with van der Waals surface area (Å²) in [4.78, 5) is 7.42. The summed E-state index contributed by atoms with van der Waals surface area (Å²) >= 11 is 0. The summed E-state index contributed by atoms with van der Waals surface area (Å²) in [6.07, 6.45) is 2.60. The van der Waals surface area contributed by atoms with Crippen molar-refractivity contribution in [2.75, 3.05) is 11.4 Å². The van der Waals surface area contributed by atoms with E-state index in [4.69, 9.17) is 10.7 Å². The van der Waals surface area contributed by atoms with E-state index in [9.17, 15) is 0 Å². The van der Waals surface area contributed by atoms with Gasteiger partial charge >= 0.3 is 0 Å². The minimum absolute atomic E-state index is 0.0625. The third kappa shape index (κ3) is 3.72. The van der Waals surface area contributed by atoms with Gasteiger partial charge in [-0.05, 0) is 36.5 Å². The zero-order valence-electron chi connectivity index (χ0n) is 13.6. The summed E-state index contributed by atoms with van der Waals surface area (Å²) in [5.74, 6) is 1.77. The Morgan fingerprint density at radius 3 is 2.40 bits per heavy atom. The van der Waals surface area contributed by atoms with Gasteiger partial charge < -0.3 is 10.6 Å². The highest BCUT2D eigenvalue weighted by atomic mass is 15.2. The fourth-order valence-corrected chi connectivity index (χ4v) is 2.43. The van der Waals surface area contributed by atoms with Crippen LogP contribution in [0.15, 0.2) is 12.1 Å². The van der Waals surface area contributed by atoms with Crippen molar-refractivity contribution in [3.63, 3.8) is 0 Å². The van der Waals surface area contributed by atoms with Gasteiger partial charge in [-0.3, -0.25) is 0 Å². The van der Waals surface area contributed by atoms with E-state index in [1.807, 2.05) is 0 Å². The zero-order chi connectivity index (χ0) is 14.9. The van der Waals surface area contributed by atoms with Gasteiger partial charge in [0.05, 0.1) is 0 Å². The van der Waals surface area contributed by atoms with E-state index in [0.29, 0.717) is 18.5 Å². The van der Waals surface area contributed by atoms with Crippen LogP contribution in [0.25, 0.3) is 0 Å². The van der Waals surface area contributed by atoms with E-state index < -0.39 is 0 Å². The van der Waals surface area contributed by atoms with Crippen LogP contribution in [0.4, 0.5) is 5.82 Å². The van der Waals surface area contributed by atoms with Crippen molar-refractivity contribution in [1.29, 1.82) is 0 Å². The molecule has 0 aliphatic heterocycles. The van der Waals surface area contributed by atoms with E-state index in [1.165, 1.54) is 18.4 Å². The Labute approximate surface area is 123 Å². The lowest BCUT2D eigenvalue weighted by molar-refractivity contribution is 0.560. The molecule has 1 aromatic rings. The third-order valence-corrected chi connectivity index (χ3v) is 3.72. The molecule has 0 radical (unpaired) electrons. The molecule has 0 unspecified atom stereocenters. The van der Waals surface area contributed by atoms with Crippen molar-refractivity contribution >= 4 is 5.82 Å². The van der Waals surface area contributed by atoms with E-state index in [0.717, 1.165) is 18.1 Å². The molecule has 112 valence electrons. The molecule has 1 aliphatic carbocycles. The van der Waals surface area contributed by atoms with Gasteiger partial charge in [0.15, 0.2) is 0 Å². The lowest BCUT2D eigenvalue weighted by Crippen LogP contribution is -2.31. The Balaban J connectivity index is 2.37. The van der Waals surface area contributed by atoms with Crippen molar-refractivity contribution in [3.05, 3.63) is 23.4 Å². The highest BCUT2D eigenvalue weighted by Gasteiger charge is 2.31. The molecule has 0 spiro atoms. The van der Waals surface area contributed by atoms with E-state index in [-0.39, 0.29) is 5.41 Å².